The molecule has 1 aromatic rings. The number of halogens is 1. The Hall–Kier alpha value is -1.66. The van der Waals surface area contributed by atoms with Crippen LogP contribution in [0.25, 0.3) is 0 Å². The lowest BCUT2D eigenvalue weighted by Crippen LogP contribution is -2.53. The summed E-state index contributed by atoms with van der Waals surface area (Å²) in [6, 6.07) is 3.99. The number of hydrogen-bond donors (Lipinski definition) is 2. The number of anilines is 1. The monoisotopic (exact) mass is 299 g/mol. The molecule has 1 aromatic carbocycles. The van der Waals surface area contributed by atoms with Crippen molar-refractivity contribution in [3.63, 3.8) is 0 Å². The molecule has 7 heteroatoms. The number of nitrogens with two attached hydrogens (primary N) is 1. The third-order valence-electron chi connectivity index (χ3n) is 3.58. The number of rotatable bonds is 4. The summed E-state index contributed by atoms with van der Waals surface area (Å²) in [5, 5.41) is 13.8. The lowest BCUT2D eigenvalue weighted by molar-refractivity contribution is -0.383. The third-order valence-corrected chi connectivity index (χ3v) is 3.82. The van der Waals surface area contributed by atoms with Gasteiger partial charge in [0.25, 0.3) is 5.69 Å². The number of nitrogens with one attached hydrogen (secondary N) is 1. The van der Waals surface area contributed by atoms with Gasteiger partial charge in [-0.15, -0.1) is 0 Å². The van der Waals surface area contributed by atoms with E-state index in [1.807, 2.05) is 0 Å². The van der Waals surface area contributed by atoms with Gasteiger partial charge in [0, 0.05) is 16.6 Å². The highest BCUT2D eigenvalue weighted by atomic mass is 35.5. The highest BCUT2D eigenvalue weighted by molar-refractivity contribution is 6.31. The maximum atomic E-state index is 12.3. The molecule has 0 saturated heterocycles. The number of amides is 1. The summed E-state index contributed by atoms with van der Waals surface area (Å²) in [5.41, 5.74) is 4.12. The van der Waals surface area contributed by atoms with Crippen molar-refractivity contribution in [3.05, 3.63) is 33.3 Å². The van der Waals surface area contributed by atoms with Gasteiger partial charge in [-0.3, -0.25) is 14.9 Å². The predicted molar refractivity (Wildman–Crippen MR) is 78.8 cm³/mol. The third kappa shape index (κ3) is 3.26. The zero-order chi connectivity index (χ0) is 15.7. The largest absolute Gasteiger partial charge is 0.325 e. The van der Waals surface area contributed by atoms with Crippen molar-refractivity contribution in [1.82, 2.24) is 0 Å². The van der Waals surface area contributed by atoms with Crippen molar-refractivity contribution in [2.24, 2.45) is 11.1 Å². The number of carbonyl (C=O) groups excluding carboxylic acids is 1. The molecule has 0 unspecified atom stereocenters. The molecule has 6 nitrogen and oxygen atoms in total. The van der Waals surface area contributed by atoms with Crippen LogP contribution in [-0.2, 0) is 4.79 Å². The van der Waals surface area contributed by atoms with E-state index in [2.05, 4.69) is 5.32 Å². The van der Waals surface area contributed by atoms with Crippen molar-refractivity contribution in [2.75, 3.05) is 5.32 Å². The molecule has 0 aliphatic rings. The molecule has 0 saturated carbocycles. The zero-order valence-corrected chi connectivity index (χ0v) is 12.6. The van der Waals surface area contributed by atoms with E-state index < -0.39 is 21.8 Å². The molecule has 0 atom stereocenters. The summed E-state index contributed by atoms with van der Waals surface area (Å²) in [7, 11) is 0. The molecular weight excluding hydrogens is 282 g/mol. The summed E-state index contributed by atoms with van der Waals surface area (Å²) >= 11 is 5.81. The smallest absolute Gasteiger partial charge is 0.292 e. The average molecular weight is 300 g/mol. The number of nitro benzene ring substituents is 1. The highest BCUT2D eigenvalue weighted by Gasteiger charge is 2.41. The molecule has 1 rings (SSSR count). The molecule has 0 fully saturated rings. The van der Waals surface area contributed by atoms with Gasteiger partial charge >= 0.3 is 0 Å². The van der Waals surface area contributed by atoms with Gasteiger partial charge in [0.15, 0.2) is 0 Å². The van der Waals surface area contributed by atoms with Crippen LogP contribution in [0, 0.1) is 15.5 Å². The molecule has 1 amide bonds. The van der Waals surface area contributed by atoms with Crippen LogP contribution in [0.5, 0.6) is 0 Å². The van der Waals surface area contributed by atoms with E-state index in [0.717, 1.165) is 0 Å². The summed E-state index contributed by atoms with van der Waals surface area (Å²) in [6.07, 6.45) is 0. The summed E-state index contributed by atoms with van der Waals surface area (Å²) < 4.78 is 0. The lowest BCUT2D eigenvalue weighted by atomic mass is 9.74. The first-order valence-corrected chi connectivity index (χ1v) is 6.39. The fraction of sp³-hybridized carbons (Fsp3) is 0.462. The minimum atomic E-state index is -0.914. The fourth-order valence-electron chi connectivity index (χ4n) is 1.34. The maximum absolute atomic E-state index is 12.3. The van der Waals surface area contributed by atoms with Crippen molar-refractivity contribution in [2.45, 2.75) is 33.2 Å². The number of nitrogens with zero attached hydrogens (tertiary/aromatic N) is 1. The van der Waals surface area contributed by atoms with E-state index >= 15 is 0 Å². The highest BCUT2D eigenvalue weighted by Crippen LogP contribution is 2.33. The van der Waals surface area contributed by atoms with Crippen molar-refractivity contribution >= 4 is 28.9 Å². The first-order chi connectivity index (χ1) is 8.96. The van der Waals surface area contributed by atoms with E-state index in [9.17, 15) is 14.9 Å². The average Bonchev–Trinajstić information content (AvgIpc) is 2.26. The Bertz CT molecular complexity index is 550. The second-order valence-electron chi connectivity index (χ2n) is 5.72. The van der Waals surface area contributed by atoms with E-state index in [0.29, 0.717) is 5.02 Å². The summed E-state index contributed by atoms with van der Waals surface area (Å²) in [4.78, 5) is 22.7. The molecule has 0 heterocycles. The van der Waals surface area contributed by atoms with Gasteiger partial charge in [0.1, 0.15) is 5.69 Å². The Balaban J connectivity index is 3.14. The molecule has 0 spiro atoms. The Morgan fingerprint density at radius 3 is 2.35 bits per heavy atom. The van der Waals surface area contributed by atoms with E-state index in [-0.39, 0.29) is 11.4 Å². The zero-order valence-electron chi connectivity index (χ0n) is 11.9. The summed E-state index contributed by atoms with van der Waals surface area (Å²) in [6.45, 7) is 6.80. The van der Waals surface area contributed by atoms with Crippen LogP contribution >= 0.6 is 11.6 Å². The van der Waals surface area contributed by atoms with Gasteiger partial charge in [-0.25, -0.2) is 0 Å². The van der Waals surface area contributed by atoms with E-state index in [1.165, 1.54) is 18.2 Å². The van der Waals surface area contributed by atoms with Gasteiger partial charge in [0.05, 0.1) is 10.3 Å². The van der Waals surface area contributed by atoms with Crippen molar-refractivity contribution in [3.8, 4) is 0 Å². The maximum Gasteiger partial charge on any atom is 0.292 e. The minimum absolute atomic E-state index is 0.0600. The van der Waals surface area contributed by atoms with Crippen LogP contribution in [0.2, 0.25) is 5.02 Å². The number of carbonyl (C=O) groups is 1. The van der Waals surface area contributed by atoms with Gasteiger partial charge < -0.3 is 11.1 Å². The molecule has 110 valence electrons. The second kappa shape index (κ2) is 5.38. The predicted octanol–water partition coefficient (Wildman–Crippen LogP) is 2.95. The Labute approximate surface area is 122 Å². The molecule has 0 aliphatic carbocycles. The van der Waals surface area contributed by atoms with Gasteiger partial charge in [-0.1, -0.05) is 11.6 Å². The SMILES string of the molecule is CC(C)(N)C(C)(C)C(=O)Nc1cc(Cl)ccc1[N+](=O)[O-]. The number of nitro groups is 1. The molecule has 20 heavy (non-hydrogen) atoms. The normalized spacial score (nSPS) is 12.1. The van der Waals surface area contributed by atoms with Crippen LogP contribution in [0.4, 0.5) is 11.4 Å². The van der Waals surface area contributed by atoms with Crippen LogP contribution in [-0.4, -0.2) is 16.4 Å². The molecular formula is C13H18ClN3O3. The van der Waals surface area contributed by atoms with Gasteiger partial charge in [-0.2, -0.15) is 0 Å². The second-order valence-corrected chi connectivity index (χ2v) is 6.16. The first-order valence-electron chi connectivity index (χ1n) is 6.01. The molecule has 0 aliphatic heterocycles. The van der Waals surface area contributed by atoms with Crippen LogP contribution in [0.15, 0.2) is 18.2 Å². The summed E-state index contributed by atoms with van der Waals surface area (Å²) in [5.74, 6) is -0.407. The first kappa shape index (κ1) is 16.4. The van der Waals surface area contributed by atoms with Crippen LogP contribution in [0.1, 0.15) is 27.7 Å². The van der Waals surface area contributed by atoms with E-state index in [1.54, 1.807) is 27.7 Å². The number of benzene rings is 1. The van der Waals surface area contributed by atoms with Crippen molar-refractivity contribution in [1.29, 1.82) is 0 Å². The quantitative estimate of drug-likeness (QED) is 0.659. The van der Waals surface area contributed by atoms with E-state index in [4.69, 9.17) is 17.3 Å². The molecule has 0 aromatic heterocycles. The Morgan fingerprint density at radius 1 is 1.35 bits per heavy atom. The molecule has 3 N–H and O–H groups in total. The van der Waals surface area contributed by atoms with Crippen molar-refractivity contribution < 1.29 is 9.72 Å². The Morgan fingerprint density at radius 2 is 1.90 bits per heavy atom. The molecule has 0 radical (unpaired) electrons. The molecule has 0 bridgehead atoms. The van der Waals surface area contributed by atoms with Crippen LogP contribution < -0.4 is 11.1 Å². The lowest BCUT2D eigenvalue weighted by Gasteiger charge is -2.36. The topological polar surface area (TPSA) is 98.3 Å². The van der Waals surface area contributed by atoms with Crippen LogP contribution in [0.3, 0.4) is 0 Å². The fourth-order valence-corrected chi connectivity index (χ4v) is 1.51. The standard InChI is InChI=1S/C13H18ClN3O3/c1-12(2,13(3,4)15)11(18)16-9-7-8(14)5-6-10(9)17(19)20/h5-7H,15H2,1-4H3,(H,16,18). The van der Waals surface area contributed by atoms with Gasteiger partial charge in [0.2, 0.25) is 5.91 Å². The minimum Gasteiger partial charge on any atom is -0.325 e. The number of hydrogen-bond acceptors (Lipinski definition) is 4. The van der Waals surface area contributed by atoms with Gasteiger partial charge in [-0.05, 0) is 39.8 Å². The Kier molecular flexibility index (Phi) is 4.41.